The fourth-order valence-electron chi connectivity index (χ4n) is 9.54. The van der Waals surface area contributed by atoms with Crippen molar-refractivity contribution in [1.29, 1.82) is 0 Å². The number of carbonyl (C=O) groups excluding carboxylic acids is 3. The average molecular weight is 697 g/mol. The number of hydrogen-bond donors (Lipinski definition) is 7. The molecule has 0 aromatic carbocycles. The highest BCUT2D eigenvalue weighted by molar-refractivity contribution is 5.97. The van der Waals surface area contributed by atoms with Crippen LogP contribution in [0.5, 0.6) is 0 Å². The molecule has 16 nitrogen and oxygen atoms in total. The van der Waals surface area contributed by atoms with E-state index >= 15 is 0 Å². The number of esters is 2. The van der Waals surface area contributed by atoms with Crippen LogP contribution < -0.4 is 0 Å². The van der Waals surface area contributed by atoms with Gasteiger partial charge < -0.3 is 59.4 Å². The zero-order valence-corrected chi connectivity index (χ0v) is 27.7. The number of hydrogen-bond acceptors (Lipinski definition) is 15. The van der Waals surface area contributed by atoms with E-state index in [4.69, 9.17) is 23.7 Å². The Balaban J connectivity index is 1.46. The highest BCUT2D eigenvalue weighted by Gasteiger charge is 2.85. The number of aliphatic carboxylic acids is 1. The zero-order chi connectivity index (χ0) is 36.1. The van der Waals surface area contributed by atoms with Crippen LogP contribution in [0.15, 0.2) is 23.5 Å². The first-order valence-corrected chi connectivity index (χ1v) is 16.4. The molecular weight excluding hydrogens is 652 g/mol. The van der Waals surface area contributed by atoms with Crippen LogP contribution in [-0.2, 0) is 42.9 Å². The molecule has 6 rings (SSSR count). The monoisotopic (exact) mass is 696 g/mol. The maximum Gasteiger partial charge on any atom is 0.348 e. The Morgan fingerprint density at radius 3 is 2.35 bits per heavy atom. The van der Waals surface area contributed by atoms with Crippen LogP contribution in [0.2, 0.25) is 0 Å². The summed E-state index contributed by atoms with van der Waals surface area (Å²) in [6.45, 7) is 7.47. The van der Waals surface area contributed by atoms with E-state index in [0.29, 0.717) is 5.57 Å². The van der Waals surface area contributed by atoms with Gasteiger partial charge in [-0.1, -0.05) is 33.3 Å². The summed E-state index contributed by atoms with van der Waals surface area (Å²) in [7, 11) is 0. The van der Waals surface area contributed by atoms with E-state index in [1.165, 1.54) is 12.2 Å². The van der Waals surface area contributed by atoms with Crippen molar-refractivity contribution in [2.24, 2.45) is 40.4 Å². The molecule has 2 bridgehead atoms. The van der Waals surface area contributed by atoms with E-state index < -0.39 is 132 Å². The van der Waals surface area contributed by atoms with Crippen LogP contribution in [0.25, 0.3) is 0 Å². The smallest absolute Gasteiger partial charge is 0.348 e. The summed E-state index contributed by atoms with van der Waals surface area (Å²) in [4.78, 5) is 53.6. The Bertz CT molecular complexity index is 1470. The zero-order valence-electron chi connectivity index (χ0n) is 27.7. The third-order valence-corrected chi connectivity index (χ3v) is 12.2. The van der Waals surface area contributed by atoms with Crippen LogP contribution in [0, 0.1) is 40.4 Å². The minimum atomic E-state index is -2.58. The van der Waals surface area contributed by atoms with Gasteiger partial charge in [0.25, 0.3) is 0 Å². The summed E-state index contributed by atoms with van der Waals surface area (Å²) in [6.07, 6.45) is -12.7. The second kappa shape index (κ2) is 12.1. The number of carboxylic acid groups (broad SMARTS) is 1. The number of carboxylic acids is 1. The summed E-state index contributed by atoms with van der Waals surface area (Å²) in [5, 5.41) is 75.0. The van der Waals surface area contributed by atoms with Gasteiger partial charge in [0.1, 0.15) is 36.6 Å². The highest BCUT2D eigenvalue weighted by Crippen LogP contribution is 2.72. The Labute approximate surface area is 281 Å². The number of ether oxygens (including phenoxy) is 5. The molecule has 0 aromatic rings. The van der Waals surface area contributed by atoms with Crippen molar-refractivity contribution >= 4 is 23.7 Å². The van der Waals surface area contributed by atoms with Gasteiger partial charge in [-0.2, -0.15) is 0 Å². The first-order chi connectivity index (χ1) is 22.9. The van der Waals surface area contributed by atoms with Crippen molar-refractivity contribution in [3.05, 3.63) is 23.5 Å². The molecule has 3 aliphatic carbocycles. The van der Waals surface area contributed by atoms with Crippen LogP contribution in [0.4, 0.5) is 0 Å². The maximum atomic E-state index is 13.8. The molecule has 0 radical (unpaired) electrons. The largest absolute Gasteiger partial charge is 0.479 e. The quantitative estimate of drug-likeness (QED) is 0.114. The fraction of sp³-hybridized carbons (Fsp3) is 0.758. The molecule has 3 aliphatic heterocycles. The lowest BCUT2D eigenvalue weighted by Gasteiger charge is -2.67. The van der Waals surface area contributed by atoms with Crippen molar-refractivity contribution in [3.63, 3.8) is 0 Å². The van der Waals surface area contributed by atoms with E-state index in [-0.39, 0.29) is 18.1 Å². The molecule has 1 spiro atoms. The third-order valence-electron chi connectivity index (χ3n) is 12.2. The number of Topliss-reactive ketones (excluding diaryl/α,β-unsaturated/α-hetero) is 1. The summed E-state index contributed by atoms with van der Waals surface area (Å²) < 4.78 is 28.8. The number of allylic oxidation sites excluding steroid dienone is 3. The van der Waals surface area contributed by atoms with Crippen molar-refractivity contribution in [2.75, 3.05) is 13.2 Å². The predicted octanol–water partition coefficient (Wildman–Crippen LogP) is -1.82. The summed E-state index contributed by atoms with van der Waals surface area (Å²) in [5.41, 5.74) is -4.83. The topological polar surface area (TPSA) is 256 Å². The predicted molar refractivity (Wildman–Crippen MR) is 159 cm³/mol. The van der Waals surface area contributed by atoms with Crippen LogP contribution in [0.3, 0.4) is 0 Å². The van der Waals surface area contributed by atoms with Crippen molar-refractivity contribution in [1.82, 2.24) is 0 Å². The van der Waals surface area contributed by atoms with Crippen molar-refractivity contribution in [3.8, 4) is 0 Å². The Hall–Kier alpha value is -2.96. The van der Waals surface area contributed by atoms with Gasteiger partial charge in [0.2, 0.25) is 18.0 Å². The average Bonchev–Trinajstić information content (AvgIpc) is 3.35. The molecule has 2 saturated carbocycles. The van der Waals surface area contributed by atoms with Gasteiger partial charge in [0, 0.05) is 23.3 Å². The second-order valence-corrected chi connectivity index (χ2v) is 14.9. The molecule has 7 N–H and O–H groups in total. The number of carbonyl (C=O) groups is 4. The second-order valence-electron chi connectivity index (χ2n) is 14.9. The van der Waals surface area contributed by atoms with Gasteiger partial charge in [-0.25, -0.2) is 14.4 Å². The molecule has 3 heterocycles. The maximum absolute atomic E-state index is 13.8. The summed E-state index contributed by atoms with van der Waals surface area (Å²) >= 11 is 0. The van der Waals surface area contributed by atoms with Gasteiger partial charge in [0.15, 0.2) is 11.5 Å². The Kier molecular flexibility index (Phi) is 8.84. The molecule has 0 aromatic heterocycles. The highest BCUT2D eigenvalue weighted by atomic mass is 16.7. The molecule has 0 amide bonds. The third kappa shape index (κ3) is 4.86. The molecule has 16 heteroatoms. The van der Waals surface area contributed by atoms with E-state index in [2.05, 4.69) is 0 Å². The van der Waals surface area contributed by atoms with Crippen molar-refractivity contribution < 1.29 is 78.6 Å². The molecule has 0 unspecified atom stereocenters. The fourth-order valence-corrected chi connectivity index (χ4v) is 9.54. The number of aliphatic hydroxyl groups excluding tert-OH is 6. The van der Waals surface area contributed by atoms with Gasteiger partial charge >= 0.3 is 17.9 Å². The van der Waals surface area contributed by atoms with Crippen LogP contribution in [0.1, 0.15) is 41.0 Å². The van der Waals surface area contributed by atoms with E-state index in [1.807, 2.05) is 13.8 Å². The van der Waals surface area contributed by atoms with Gasteiger partial charge in [-0.05, 0) is 36.7 Å². The normalized spacial score (nSPS) is 49.0. The molecule has 16 atom stereocenters. The minimum Gasteiger partial charge on any atom is -0.479 e. The summed E-state index contributed by atoms with van der Waals surface area (Å²) in [5.74, 6) is -8.89. The summed E-state index contributed by atoms with van der Waals surface area (Å²) in [6, 6.07) is 0. The number of ketones is 1. The molecule has 49 heavy (non-hydrogen) atoms. The van der Waals surface area contributed by atoms with Gasteiger partial charge in [0.05, 0.1) is 25.2 Å². The molecule has 272 valence electrons. The Morgan fingerprint density at radius 2 is 1.73 bits per heavy atom. The molecule has 5 fully saturated rings. The SMILES string of the molecule is C/C(=C\C(=O)O[C@H]1C(=O)O[C@@H]2C[C@H]3[C@H](C)C(=O)C(O[C@@H]4O[C@H](CO)[C@@H](O)[C@H](O)[C@H]4O)=C[C@]3(C)[C@H]3[C@@H](O)[C@H](O)[C@]4(C(=O)O)OC[C@]32[C@@H]14)C(C)C. The van der Waals surface area contributed by atoms with Crippen LogP contribution >= 0.6 is 0 Å². The lowest BCUT2D eigenvalue weighted by atomic mass is 9.38. The van der Waals surface area contributed by atoms with E-state index in [1.54, 1.807) is 20.8 Å². The van der Waals surface area contributed by atoms with Crippen LogP contribution in [-0.4, -0.2) is 133 Å². The van der Waals surface area contributed by atoms with E-state index in [9.17, 15) is 54.9 Å². The Morgan fingerprint density at radius 1 is 1.06 bits per heavy atom. The molecule has 6 aliphatic rings. The minimum absolute atomic E-state index is 0.000867. The van der Waals surface area contributed by atoms with Gasteiger partial charge in [-0.3, -0.25) is 4.79 Å². The van der Waals surface area contributed by atoms with E-state index in [0.717, 1.165) is 0 Å². The first-order valence-electron chi connectivity index (χ1n) is 16.4. The first kappa shape index (κ1) is 35.9. The molecule has 3 saturated heterocycles. The number of aliphatic hydroxyl groups is 6. The lowest BCUT2D eigenvalue weighted by Crippen LogP contribution is -2.79. The standard InChI is InChI=1S/C33H44O16/c1-11(2)12(3)6-18(35)49-24-26-32-10-45-33(26,30(43)44)27(41)23(40)25(32)31(5)8-15(19(36)13(4)14(31)7-17(32)48-28(24)42)46-29-22(39)21(38)20(37)16(9-34)47-29/h6,8,11,13-14,16-17,20-27,29,34,37-41H,7,9-10H2,1-5H3,(H,43,44)/b12-6+/t13-,14-,16+,17+,20+,21-,22+,23+,24+,25+,26+,27-,29+,31-,32+,33+/m0/s1. The van der Waals surface area contributed by atoms with Crippen molar-refractivity contribution in [2.45, 2.75) is 102 Å². The number of rotatable bonds is 7. The lowest BCUT2D eigenvalue weighted by molar-refractivity contribution is -0.296. The van der Waals surface area contributed by atoms with Gasteiger partial charge in [-0.15, -0.1) is 0 Å². The molecular formula is C33H44O16. The number of fused-ring (bicyclic) bond motifs is 2.